The first kappa shape index (κ1) is 15.8. The third kappa shape index (κ3) is 3.98. The Kier molecular flexibility index (Phi) is 5.13. The number of nitrogens with one attached hydrogen (secondary N) is 1. The molecule has 6 heteroatoms. The minimum absolute atomic E-state index is 0.275. The van der Waals surface area contributed by atoms with Gasteiger partial charge in [0.05, 0.1) is 16.7 Å². The van der Waals surface area contributed by atoms with Crippen molar-refractivity contribution >= 4 is 35.0 Å². The average molecular weight is 334 g/mol. The lowest BCUT2D eigenvalue weighted by Gasteiger charge is -2.11. The molecule has 1 aromatic rings. The normalized spacial score (nSPS) is 16.8. The first-order chi connectivity index (χ1) is 9.41. The lowest BCUT2D eigenvalue weighted by Crippen LogP contribution is -2.20. The topological polar surface area (TPSA) is 30.5 Å². The monoisotopic (exact) mass is 333 g/mol. The lowest BCUT2D eigenvalue weighted by atomic mass is 10.1. The van der Waals surface area contributed by atoms with Crippen molar-refractivity contribution in [3.63, 3.8) is 0 Å². The van der Waals surface area contributed by atoms with E-state index in [1.807, 2.05) is 32.9 Å². The minimum Gasteiger partial charge on any atom is -0.492 e. The first-order valence-corrected chi connectivity index (χ1v) is 8.06. The third-order valence-corrected chi connectivity index (χ3v) is 4.29. The van der Waals surface area contributed by atoms with E-state index in [-0.39, 0.29) is 5.60 Å². The zero-order valence-corrected chi connectivity index (χ0v) is 14.0. The minimum atomic E-state index is -0.275. The second-order valence-electron chi connectivity index (χ2n) is 4.91. The molecular formula is C14H17Cl2NO2S. The Hall–Kier alpha value is -0.550. The predicted molar refractivity (Wildman–Crippen MR) is 85.3 cm³/mol. The number of benzene rings is 1. The number of hydrogen-bond acceptors (Lipinski definition) is 4. The van der Waals surface area contributed by atoms with Gasteiger partial charge in [0.1, 0.15) is 11.4 Å². The molecule has 0 amide bonds. The van der Waals surface area contributed by atoms with Crippen LogP contribution >= 0.6 is 35.0 Å². The number of thioether (sulfide) groups is 1. The van der Waals surface area contributed by atoms with Crippen LogP contribution in [0.2, 0.25) is 10.0 Å². The van der Waals surface area contributed by atoms with Gasteiger partial charge in [0.15, 0.2) is 0 Å². The molecule has 0 fully saturated rings. The molecule has 0 bridgehead atoms. The molecule has 2 rings (SSSR count). The van der Waals surface area contributed by atoms with E-state index in [1.54, 1.807) is 17.8 Å². The van der Waals surface area contributed by atoms with E-state index in [9.17, 15) is 0 Å². The zero-order valence-electron chi connectivity index (χ0n) is 11.6. The van der Waals surface area contributed by atoms with Crippen LogP contribution in [-0.4, -0.2) is 12.2 Å². The fourth-order valence-corrected chi connectivity index (χ4v) is 3.29. The van der Waals surface area contributed by atoms with Gasteiger partial charge in [0.25, 0.3) is 0 Å². The van der Waals surface area contributed by atoms with Gasteiger partial charge >= 0.3 is 0 Å². The molecule has 0 aliphatic carbocycles. The molecule has 1 aromatic carbocycles. The van der Waals surface area contributed by atoms with Crippen molar-refractivity contribution in [1.29, 1.82) is 0 Å². The number of ether oxygens (including phenoxy) is 1. The number of hydroxylamine groups is 1. The second-order valence-corrected chi connectivity index (χ2v) is 6.74. The molecule has 1 aliphatic rings. The molecular weight excluding hydrogens is 317 g/mol. The summed E-state index contributed by atoms with van der Waals surface area (Å²) in [7, 11) is 0. The van der Waals surface area contributed by atoms with Crippen LogP contribution in [0, 0.1) is 0 Å². The van der Waals surface area contributed by atoms with Gasteiger partial charge in [-0.3, -0.25) is 10.3 Å². The Morgan fingerprint density at radius 2 is 2.05 bits per heavy atom. The largest absolute Gasteiger partial charge is 0.492 e. The summed E-state index contributed by atoms with van der Waals surface area (Å²) in [5.41, 5.74) is 3.60. The van der Waals surface area contributed by atoms with Crippen LogP contribution in [0.15, 0.2) is 23.2 Å². The fraction of sp³-hybridized carbons (Fsp3) is 0.429. The van der Waals surface area contributed by atoms with Gasteiger partial charge in [-0.2, -0.15) is 0 Å². The molecule has 0 unspecified atom stereocenters. The maximum absolute atomic E-state index is 6.26. The maximum atomic E-state index is 6.26. The quantitative estimate of drug-likeness (QED) is 0.839. The summed E-state index contributed by atoms with van der Waals surface area (Å²) < 4.78 is 5.41. The molecule has 0 saturated heterocycles. The first-order valence-electron chi connectivity index (χ1n) is 6.31. The van der Waals surface area contributed by atoms with E-state index < -0.39 is 0 Å². The standard InChI is InChI=1S/C14H17Cl2NO2S/c1-4-18-12-6-10(15)9(5-11(12)16)8-20-13-7-14(2,3)19-17-13/h5-7,17H,4,8H2,1-3H3. The van der Waals surface area contributed by atoms with Crippen molar-refractivity contribution in [3.05, 3.63) is 38.8 Å². The Morgan fingerprint density at radius 1 is 1.30 bits per heavy atom. The summed E-state index contributed by atoms with van der Waals surface area (Å²) in [6, 6.07) is 3.61. The third-order valence-electron chi connectivity index (χ3n) is 2.68. The highest BCUT2D eigenvalue weighted by Crippen LogP contribution is 2.35. The molecule has 1 N–H and O–H groups in total. The summed E-state index contributed by atoms with van der Waals surface area (Å²) in [6.45, 7) is 6.46. The summed E-state index contributed by atoms with van der Waals surface area (Å²) in [4.78, 5) is 5.40. The van der Waals surface area contributed by atoms with E-state index in [1.165, 1.54) is 0 Å². The summed E-state index contributed by atoms with van der Waals surface area (Å²) in [5, 5.41) is 2.22. The molecule has 0 aromatic heterocycles. The van der Waals surface area contributed by atoms with Crippen LogP contribution in [0.1, 0.15) is 26.3 Å². The van der Waals surface area contributed by atoms with E-state index in [2.05, 4.69) is 5.48 Å². The van der Waals surface area contributed by atoms with Crippen LogP contribution in [0.3, 0.4) is 0 Å². The molecule has 0 spiro atoms. The summed E-state index contributed by atoms with van der Waals surface area (Å²) >= 11 is 14.1. The van der Waals surface area contributed by atoms with Crippen LogP contribution < -0.4 is 10.2 Å². The van der Waals surface area contributed by atoms with Gasteiger partial charge in [0, 0.05) is 16.8 Å². The Labute approximate surface area is 133 Å². The van der Waals surface area contributed by atoms with Crippen molar-refractivity contribution < 1.29 is 9.57 Å². The van der Waals surface area contributed by atoms with Crippen molar-refractivity contribution in [3.8, 4) is 5.75 Å². The van der Waals surface area contributed by atoms with Gasteiger partial charge < -0.3 is 4.74 Å². The van der Waals surface area contributed by atoms with Crippen LogP contribution in [-0.2, 0) is 10.6 Å². The van der Waals surface area contributed by atoms with Crippen molar-refractivity contribution in [2.24, 2.45) is 0 Å². The van der Waals surface area contributed by atoms with Crippen LogP contribution in [0.5, 0.6) is 5.75 Å². The predicted octanol–water partition coefficient (Wildman–Crippen LogP) is 4.78. The molecule has 1 aliphatic heterocycles. The zero-order chi connectivity index (χ0) is 14.8. The van der Waals surface area contributed by atoms with Gasteiger partial charge in [0.2, 0.25) is 0 Å². The van der Waals surface area contributed by atoms with E-state index >= 15 is 0 Å². The molecule has 0 radical (unpaired) electrons. The lowest BCUT2D eigenvalue weighted by molar-refractivity contribution is -0.0126. The Morgan fingerprint density at radius 3 is 2.65 bits per heavy atom. The van der Waals surface area contributed by atoms with E-state index in [4.69, 9.17) is 32.8 Å². The van der Waals surface area contributed by atoms with E-state index in [0.29, 0.717) is 28.2 Å². The highest BCUT2D eigenvalue weighted by molar-refractivity contribution is 8.02. The average Bonchev–Trinajstić information content (AvgIpc) is 2.72. The Bertz CT molecular complexity index is 532. The highest BCUT2D eigenvalue weighted by Gasteiger charge is 2.24. The second kappa shape index (κ2) is 6.48. The van der Waals surface area contributed by atoms with E-state index in [0.717, 1.165) is 10.6 Å². The number of halogens is 2. The smallest absolute Gasteiger partial charge is 0.139 e. The van der Waals surface area contributed by atoms with Crippen LogP contribution in [0.4, 0.5) is 0 Å². The highest BCUT2D eigenvalue weighted by atomic mass is 35.5. The SMILES string of the molecule is CCOc1cc(Cl)c(CSC2=CC(C)(C)ON2)cc1Cl. The number of rotatable bonds is 5. The maximum Gasteiger partial charge on any atom is 0.139 e. The Balaban J connectivity index is 2.05. The van der Waals surface area contributed by atoms with Crippen LogP contribution in [0.25, 0.3) is 0 Å². The summed E-state index contributed by atoms with van der Waals surface area (Å²) in [6.07, 6.45) is 2.04. The van der Waals surface area contributed by atoms with Crippen molar-refractivity contribution in [1.82, 2.24) is 5.48 Å². The van der Waals surface area contributed by atoms with Gasteiger partial charge in [-0.05, 0) is 38.5 Å². The van der Waals surface area contributed by atoms with Gasteiger partial charge in [-0.25, -0.2) is 0 Å². The molecule has 0 atom stereocenters. The van der Waals surface area contributed by atoms with Gasteiger partial charge in [-0.15, -0.1) is 11.8 Å². The molecule has 3 nitrogen and oxygen atoms in total. The molecule has 20 heavy (non-hydrogen) atoms. The molecule has 0 saturated carbocycles. The fourth-order valence-electron chi connectivity index (χ4n) is 1.73. The number of hydrogen-bond donors (Lipinski definition) is 1. The van der Waals surface area contributed by atoms with Crippen molar-refractivity contribution in [2.45, 2.75) is 32.1 Å². The molecule has 1 heterocycles. The van der Waals surface area contributed by atoms with Crippen molar-refractivity contribution in [2.75, 3.05) is 6.61 Å². The summed E-state index contributed by atoms with van der Waals surface area (Å²) in [5.74, 6) is 1.33. The molecule has 110 valence electrons. The van der Waals surface area contributed by atoms with Gasteiger partial charge in [-0.1, -0.05) is 23.2 Å².